The Kier molecular flexibility index (Phi) is 2.09. The number of nitrogens with zero attached hydrogens (tertiary/aromatic N) is 1. The number of hydrogen-bond donors (Lipinski definition) is 0. The second-order valence-corrected chi connectivity index (χ2v) is 3.29. The summed E-state index contributed by atoms with van der Waals surface area (Å²) in [5.74, 6) is 0.191. The van der Waals surface area contributed by atoms with Gasteiger partial charge < -0.3 is 9.47 Å². The molecule has 2 rings (SSSR count). The molecule has 0 saturated carbocycles. The van der Waals surface area contributed by atoms with E-state index in [2.05, 4.69) is 0 Å². The molecule has 1 aromatic rings. The number of rotatable bonds is 1. The van der Waals surface area contributed by atoms with Crippen molar-refractivity contribution in [2.24, 2.45) is 0 Å². The van der Waals surface area contributed by atoms with Crippen molar-refractivity contribution in [1.82, 2.24) is 0 Å². The van der Waals surface area contributed by atoms with Crippen LogP contribution < -0.4 is 4.74 Å². The molecule has 15 heavy (non-hydrogen) atoms. The van der Waals surface area contributed by atoms with Crippen LogP contribution in [0.3, 0.4) is 0 Å². The Morgan fingerprint density at radius 1 is 1.60 bits per heavy atom. The molecule has 1 aromatic carbocycles. The first-order valence-electron chi connectivity index (χ1n) is 4.46. The molecule has 0 spiro atoms. The summed E-state index contributed by atoms with van der Waals surface area (Å²) in [6.07, 6.45) is 0. The number of benzene rings is 1. The van der Waals surface area contributed by atoms with Crippen LogP contribution in [0.15, 0.2) is 6.07 Å². The Balaban J connectivity index is 2.76. The van der Waals surface area contributed by atoms with E-state index in [1.165, 1.54) is 7.11 Å². The quantitative estimate of drug-likeness (QED) is 0.649. The van der Waals surface area contributed by atoms with Crippen LogP contribution in [0.4, 0.5) is 0 Å². The summed E-state index contributed by atoms with van der Waals surface area (Å²) in [5, 5.41) is 8.92. The van der Waals surface area contributed by atoms with Crippen molar-refractivity contribution in [3.05, 3.63) is 28.3 Å². The highest BCUT2D eigenvalue weighted by Crippen LogP contribution is 2.32. The molecule has 1 heterocycles. The van der Waals surface area contributed by atoms with Gasteiger partial charge in [0.25, 0.3) is 0 Å². The summed E-state index contributed by atoms with van der Waals surface area (Å²) >= 11 is 0. The molecule has 0 unspecified atom stereocenters. The summed E-state index contributed by atoms with van der Waals surface area (Å²) in [6.45, 7) is 2.08. The van der Waals surface area contributed by atoms with E-state index in [0.717, 1.165) is 11.1 Å². The highest BCUT2D eigenvalue weighted by atomic mass is 16.5. The minimum Gasteiger partial charge on any atom is -0.496 e. The SMILES string of the molecule is COc1cc(C#N)c2c(c1C)COC2=O. The van der Waals surface area contributed by atoms with E-state index in [4.69, 9.17) is 14.7 Å². The van der Waals surface area contributed by atoms with Crippen molar-refractivity contribution >= 4 is 5.97 Å². The molecule has 1 aliphatic heterocycles. The fourth-order valence-electron chi connectivity index (χ4n) is 1.73. The van der Waals surface area contributed by atoms with Gasteiger partial charge in [0.15, 0.2) is 0 Å². The molecule has 1 aliphatic rings. The molecule has 0 atom stereocenters. The zero-order valence-corrected chi connectivity index (χ0v) is 8.46. The van der Waals surface area contributed by atoms with Crippen LogP contribution in [-0.2, 0) is 11.3 Å². The van der Waals surface area contributed by atoms with E-state index in [-0.39, 0.29) is 6.61 Å². The molecule has 0 saturated heterocycles. The average molecular weight is 203 g/mol. The molecule has 0 amide bonds. The van der Waals surface area contributed by atoms with Crippen molar-refractivity contribution < 1.29 is 14.3 Å². The standard InChI is InChI=1S/C11H9NO3/c1-6-8-5-15-11(13)10(8)7(4-12)3-9(6)14-2/h3H,5H2,1-2H3. The molecule has 4 nitrogen and oxygen atoms in total. The Labute approximate surface area is 87.0 Å². The second-order valence-electron chi connectivity index (χ2n) is 3.29. The Hall–Kier alpha value is -2.02. The van der Waals surface area contributed by atoms with Crippen molar-refractivity contribution in [3.63, 3.8) is 0 Å². The third-order valence-electron chi connectivity index (χ3n) is 2.56. The summed E-state index contributed by atoms with van der Waals surface area (Å²) in [7, 11) is 1.54. The number of ether oxygens (including phenoxy) is 2. The van der Waals surface area contributed by atoms with Crippen molar-refractivity contribution in [1.29, 1.82) is 5.26 Å². The average Bonchev–Trinajstić information content (AvgIpc) is 2.63. The maximum Gasteiger partial charge on any atom is 0.340 e. The lowest BCUT2D eigenvalue weighted by atomic mass is 9.98. The van der Waals surface area contributed by atoms with Crippen LogP contribution in [0.1, 0.15) is 27.0 Å². The molecule has 0 N–H and O–H groups in total. The van der Waals surface area contributed by atoms with Gasteiger partial charge in [0.1, 0.15) is 18.4 Å². The molecule has 0 aliphatic carbocycles. The van der Waals surface area contributed by atoms with Gasteiger partial charge >= 0.3 is 5.97 Å². The maximum atomic E-state index is 11.4. The van der Waals surface area contributed by atoms with Gasteiger partial charge in [0, 0.05) is 5.56 Å². The summed E-state index contributed by atoms with van der Waals surface area (Å²) < 4.78 is 10.0. The van der Waals surface area contributed by atoms with Gasteiger partial charge in [0.2, 0.25) is 0 Å². The summed E-state index contributed by atoms with van der Waals surface area (Å²) in [5.41, 5.74) is 2.32. The molecule has 0 aromatic heterocycles. The lowest BCUT2D eigenvalue weighted by Gasteiger charge is -2.08. The summed E-state index contributed by atoms with van der Waals surface area (Å²) in [4.78, 5) is 11.4. The van der Waals surface area contributed by atoms with Gasteiger partial charge in [0.05, 0.1) is 18.2 Å². The lowest BCUT2D eigenvalue weighted by Crippen LogP contribution is -2.00. The summed E-state index contributed by atoms with van der Waals surface area (Å²) in [6, 6.07) is 3.55. The number of carbonyl (C=O) groups is 1. The first-order chi connectivity index (χ1) is 7.19. The molecule has 0 bridgehead atoms. The fourth-order valence-corrected chi connectivity index (χ4v) is 1.73. The van der Waals surface area contributed by atoms with Crippen LogP contribution >= 0.6 is 0 Å². The van der Waals surface area contributed by atoms with E-state index < -0.39 is 5.97 Å². The van der Waals surface area contributed by atoms with Crippen molar-refractivity contribution in [3.8, 4) is 11.8 Å². The number of nitriles is 1. The first kappa shape index (κ1) is 9.53. The van der Waals surface area contributed by atoms with E-state index >= 15 is 0 Å². The largest absolute Gasteiger partial charge is 0.496 e. The second kappa shape index (κ2) is 3.28. The maximum absolute atomic E-state index is 11.4. The minimum atomic E-state index is -0.424. The predicted octanol–water partition coefficient (Wildman–Crippen LogP) is 1.55. The Morgan fingerprint density at radius 3 is 2.93 bits per heavy atom. The van der Waals surface area contributed by atoms with Gasteiger partial charge in [-0.15, -0.1) is 0 Å². The van der Waals surface area contributed by atoms with Crippen LogP contribution in [0, 0.1) is 18.3 Å². The first-order valence-corrected chi connectivity index (χ1v) is 4.46. The van der Waals surface area contributed by atoms with Gasteiger partial charge in [-0.1, -0.05) is 0 Å². The molecular weight excluding hydrogens is 194 g/mol. The Bertz CT molecular complexity index is 486. The third kappa shape index (κ3) is 1.24. The van der Waals surface area contributed by atoms with Crippen LogP contribution in [-0.4, -0.2) is 13.1 Å². The normalized spacial score (nSPS) is 13.0. The molecule has 0 radical (unpaired) electrons. The minimum absolute atomic E-state index is 0.228. The van der Waals surface area contributed by atoms with Gasteiger partial charge in [-0.05, 0) is 18.6 Å². The van der Waals surface area contributed by atoms with Crippen molar-refractivity contribution in [2.45, 2.75) is 13.5 Å². The number of carbonyl (C=O) groups excluding carboxylic acids is 1. The van der Waals surface area contributed by atoms with Gasteiger partial charge in [-0.2, -0.15) is 5.26 Å². The highest BCUT2D eigenvalue weighted by Gasteiger charge is 2.28. The smallest absolute Gasteiger partial charge is 0.340 e. The number of methoxy groups -OCH3 is 1. The Morgan fingerprint density at radius 2 is 2.33 bits per heavy atom. The highest BCUT2D eigenvalue weighted by molar-refractivity contribution is 5.97. The van der Waals surface area contributed by atoms with E-state index in [0.29, 0.717) is 16.9 Å². The molecule has 0 fully saturated rings. The monoisotopic (exact) mass is 203 g/mol. The van der Waals surface area contributed by atoms with Gasteiger partial charge in [-0.3, -0.25) is 0 Å². The van der Waals surface area contributed by atoms with Crippen molar-refractivity contribution in [2.75, 3.05) is 7.11 Å². The van der Waals surface area contributed by atoms with Crippen LogP contribution in [0.25, 0.3) is 0 Å². The number of esters is 1. The molecule has 4 heteroatoms. The number of fused-ring (bicyclic) bond motifs is 1. The van der Waals surface area contributed by atoms with E-state index in [1.807, 2.05) is 13.0 Å². The zero-order chi connectivity index (χ0) is 11.0. The van der Waals surface area contributed by atoms with E-state index in [9.17, 15) is 4.79 Å². The number of cyclic esters (lactones) is 1. The molecule has 76 valence electrons. The number of hydrogen-bond acceptors (Lipinski definition) is 4. The third-order valence-corrected chi connectivity index (χ3v) is 2.56. The van der Waals surface area contributed by atoms with Gasteiger partial charge in [-0.25, -0.2) is 4.79 Å². The predicted molar refractivity (Wildman–Crippen MR) is 51.6 cm³/mol. The lowest BCUT2D eigenvalue weighted by molar-refractivity contribution is 0.0534. The fraction of sp³-hybridized carbons (Fsp3) is 0.273. The van der Waals surface area contributed by atoms with Crippen LogP contribution in [0.2, 0.25) is 0 Å². The zero-order valence-electron chi connectivity index (χ0n) is 8.46. The molecular formula is C11H9NO3. The topological polar surface area (TPSA) is 59.3 Å². The van der Waals surface area contributed by atoms with Crippen LogP contribution in [0.5, 0.6) is 5.75 Å². The van der Waals surface area contributed by atoms with E-state index in [1.54, 1.807) is 6.07 Å².